The monoisotopic (exact) mass is 980 g/mol. The van der Waals surface area contributed by atoms with Crippen LogP contribution >= 0.6 is 22.7 Å². The third-order valence-electron chi connectivity index (χ3n) is 11.5. The van der Waals surface area contributed by atoms with Crippen LogP contribution in [0.15, 0.2) is 117 Å². The van der Waals surface area contributed by atoms with E-state index in [0.29, 0.717) is 74.1 Å². The van der Waals surface area contributed by atoms with Gasteiger partial charge < -0.3 is 38.6 Å². The second kappa shape index (κ2) is 20.8. The zero-order valence-electron chi connectivity index (χ0n) is 38.2. The molecule has 0 saturated carbocycles. The average Bonchev–Trinajstić information content (AvgIpc) is 4.14. The van der Waals surface area contributed by atoms with E-state index in [2.05, 4.69) is 19.8 Å². The summed E-state index contributed by atoms with van der Waals surface area (Å²) < 4.78 is 72.0. The lowest BCUT2D eigenvalue weighted by molar-refractivity contribution is 0.0780. The highest BCUT2D eigenvalue weighted by Crippen LogP contribution is 2.31. The Balaban J connectivity index is 0.000000196. The third-order valence-corrected chi connectivity index (χ3v) is 18.0. The molecule has 8 rings (SSSR count). The fraction of sp³-hybridized carbons (Fsp3) is 0.435. The highest BCUT2D eigenvalue weighted by Gasteiger charge is 2.37. The van der Waals surface area contributed by atoms with Crippen LogP contribution in [0.1, 0.15) is 50.2 Å². The van der Waals surface area contributed by atoms with Crippen molar-refractivity contribution in [2.75, 3.05) is 62.3 Å². The Labute approximate surface area is 396 Å². The first-order chi connectivity index (χ1) is 31.3. The molecule has 2 aliphatic rings. The van der Waals surface area contributed by atoms with Crippen LogP contribution in [0.2, 0.25) is 0 Å². The largest absolute Gasteiger partial charge is 0.386 e. The van der Waals surface area contributed by atoms with Gasteiger partial charge in [0, 0.05) is 77.1 Å². The topological polar surface area (TPSA) is 176 Å². The second-order valence-electron chi connectivity index (χ2n) is 17.6. The average molecular weight is 981 g/mol. The first kappa shape index (κ1) is 49.4. The van der Waals surface area contributed by atoms with E-state index >= 15 is 0 Å². The van der Waals surface area contributed by atoms with E-state index < -0.39 is 31.2 Å². The van der Waals surface area contributed by atoms with Gasteiger partial charge in [-0.1, -0.05) is 36.4 Å². The maximum atomic E-state index is 13.1. The number of ether oxygens (including phenoxy) is 2. The van der Waals surface area contributed by atoms with Crippen molar-refractivity contribution in [2.45, 2.75) is 72.6 Å². The fourth-order valence-electron chi connectivity index (χ4n) is 7.93. The highest BCUT2D eigenvalue weighted by atomic mass is 32.3. The molecule has 0 radical (unpaired) electrons. The maximum absolute atomic E-state index is 13.1. The minimum Gasteiger partial charge on any atom is -0.386 e. The fourth-order valence-corrected chi connectivity index (χ4v) is 13.2. The number of anilines is 2. The van der Waals surface area contributed by atoms with Crippen LogP contribution in [0.25, 0.3) is 0 Å². The number of piperazine rings is 2. The number of aromatic nitrogens is 4. The third kappa shape index (κ3) is 12.2. The summed E-state index contributed by atoms with van der Waals surface area (Å²) >= 11 is 2.47. The number of nitrogens with zero attached hydrogens (tertiary/aromatic N) is 8. The summed E-state index contributed by atoms with van der Waals surface area (Å²) in [5, 5.41) is 24.1. The molecule has 356 valence electrons. The lowest BCUT2D eigenvalue weighted by Crippen LogP contribution is -2.56. The molecule has 2 aromatic carbocycles. The van der Waals surface area contributed by atoms with E-state index in [0.717, 1.165) is 33.9 Å². The normalized spacial score (nSPS) is 18.1. The Bertz CT molecular complexity index is 2490. The zero-order chi connectivity index (χ0) is 47.3. The number of hydrogen-bond acceptors (Lipinski definition) is 14. The van der Waals surface area contributed by atoms with E-state index in [1.54, 1.807) is 84.0 Å². The van der Waals surface area contributed by atoms with Crippen LogP contribution in [0, 0.1) is 0 Å². The van der Waals surface area contributed by atoms with E-state index in [1.807, 2.05) is 84.2 Å². The lowest BCUT2D eigenvalue weighted by Gasteiger charge is -2.42. The SMILES string of the molecule is Cn1cnc(COC[C@H]2CN(S(=O)(=O)c3cccs3)CCN2c2ccc(C(C)(C)O)cc2)c1.Cn1cnc(COC[C@H]2CN(S(=O)(=O)c3cccs3)CCN2c2ccc(C(C)(C)O)cc2)c1. The van der Waals surface area contributed by atoms with Crippen LogP contribution in [0.4, 0.5) is 11.4 Å². The van der Waals surface area contributed by atoms with Gasteiger partial charge >= 0.3 is 0 Å². The summed E-state index contributed by atoms with van der Waals surface area (Å²) in [4.78, 5) is 13.0. The second-order valence-corrected chi connectivity index (χ2v) is 23.8. The van der Waals surface area contributed by atoms with E-state index in [4.69, 9.17) is 9.47 Å². The van der Waals surface area contributed by atoms with Gasteiger partial charge in [0.25, 0.3) is 20.0 Å². The van der Waals surface area contributed by atoms with Gasteiger partial charge in [-0.25, -0.2) is 26.8 Å². The lowest BCUT2D eigenvalue weighted by atomic mass is 9.98. The number of benzene rings is 2. The summed E-state index contributed by atoms with van der Waals surface area (Å²) in [5.74, 6) is 0. The quantitative estimate of drug-likeness (QED) is 0.123. The van der Waals surface area contributed by atoms with Crippen LogP contribution in [-0.4, -0.2) is 119 Å². The van der Waals surface area contributed by atoms with Gasteiger partial charge in [-0.15, -0.1) is 22.7 Å². The van der Waals surface area contributed by atoms with Crippen molar-refractivity contribution in [1.82, 2.24) is 27.7 Å². The molecule has 2 saturated heterocycles. The molecule has 0 bridgehead atoms. The molecule has 2 aliphatic heterocycles. The van der Waals surface area contributed by atoms with Gasteiger partial charge in [-0.3, -0.25) is 0 Å². The van der Waals surface area contributed by atoms with Crippen molar-refractivity contribution in [3.8, 4) is 0 Å². The summed E-state index contributed by atoms with van der Waals surface area (Å²) in [6.45, 7) is 11.0. The number of rotatable bonds is 16. The molecular formula is C46H60N8O8S4. The molecule has 6 heterocycles. The van der Waals surface area contributed by atoms with Gasteiger partial charge in [0.15, 0.2) is 0 Å². The summed E-state index contributed by atoms with van der Waals surface area (Å²) in [5.41, 5.74) is 3.43. The molecule has 0 unspecified atom stereocenters. The van der Waals surface area contributed by atoms with Crippen molar-refractivity contribution in [1.29, 1.82) is 0 Å². The molecule has 20 heteroatoms. The van der Waals surface area contributed by atoms with E-state index in [1.165, 1.54) is 22.7 Å². The molecule has 16 nitrogen and oxygen atoms in total. The number of aliphatic hydroxyl groups is 2. The van der Waals surface area contributed by atoms with Crippen LogP contribution < -0.4 is 9.80 Å². The van der Waals surface area contributed by atoms with Crippen molar-refractivity contribution >= 4 is 54.1 Å². The van der Waals surface area contributed by atoms with Gasteiger partial charge in [0.1, 0.15) is 8.42 Å². The van der Waals surface area contributed by atoms with Crippen molar-refractivity contribution in [3.05, 3.63) is 131 Å². The Kier molecular flexibility index (Phi) is 15.6. The van der Waals surface area contributed by atoms with Crippen molar-refractivity contribution in [2.24, 2.45) is 14.1 Å². The Morgan fingerprint density at radius 2 is 0.985 bits per heavy atom. The smallest absolute Gasteiger partial charge is 0.252 e. The molecule has 2 atom stereocenters. The molecule has 66 heavy (non-hydrogen) atoms. The number of hydrogen-bond donors (Lipinski definition) is 2. The minimum atomic E-state index is -3.54. The van der Waals surface area contributed by atoms with Gasteiger partial charge in [0.2, 0.25) is 0 Å². The Morgan fingerprint density at radius 1 is 0.606 bits per heavy atom. The number of imidazole rings is 2. The van der Waals surface area contributed by atoms with E-state index in [-0.39, 0.29) is 12.1 Å². The predicted octanol–water partition coefficient (Wildman–Crippen LogP) is 5.61. The molecule has 2 fully saturated rings. The van der Waals surface area contributed by atoms with E-state index in [9.17, 15) is 27.0 Å². The standard InChI is InChI=1S/2C23H30N4O4S2/c2*1-23(2,28)18-6-8-20(9-7-18)27-11-10-26(33(29,30)22-5-4-12-32-22)14-21(27)16-31-15-19-13-25(3)17-24-19/h2*4-9,12-13,17,21,28H,10-11,14-16H2,1-3H3/t2*21-/m11/s1. The minimum absolute atomic E-state index is 0.162. The highest BCUT2D eigenvalue weighted by molar-refractivity contribution is 7.91. The number of sulfonamides is 2. The molecule has 6 aromatic rings. The molecule has 0 aliphatic carbocycles. The summed E-state index contributed by atoms with van der Waals surface area (Å²) in [6.07, 6.45) is 7.26. The molecule has 2 N–H and O–H groups in total. The molecule has 4 aromatic heterocycles. The number of aryl methyl sites for hydroxylation is 2. The Morgan fingerprint density at radius 3 is 1.29 bits per heavy atom. The van der Waals surface area contributed by atoms with Crippen LogP contribution in [0.5, 0.6) is 0 Å². The zero-order valence-corrected chi connectivity index (χ0v) is 41.4. The summed E-state index contributed by atoms with van der Waals surface area (Å²) in [7, 11) is -3.26. The summed E-state index contributed by atoms with van der Waals surface area (Å²) in [6, 6.07) is 22.0. The van der Waals surface area contributed by atoms with Crippen molar-refractivity contribution in [3.63, 3.8) is 0 Å². The van der Waals surface area contributed by atoms with Crippen LogP contribution in [0.3, 0.4) is 0 Å². The molecule has 0 amide bonds. The predicted molar refractivity (Wildman–Crippen MR) is 258 cm³/mol. The Hall–Kier alpha value is -4.48. The maximum Gasteiger partial charge on any atom is 0.252 e. The van der Waals surface area contributed by atoms with Crippen LogP contribution in [-0.2, 0) is 68.0 Å². The van der Waals surface area contributed by atoms with Gasteiger partial charge in [-0.05, 0) is 86.0 Å². The number of thiophene rings is 2. The van der Waals surface area contributed by atoms with Crippen molar-refractivity contribution < 1.29 is 36.5 Å². The van der Waals surface area contributed by atoms with Gasteiger partial charge in [0.05, 0.1) is 73.8 Å². The molecule has 0 spiro atoms. The first-order valence-electron chi connectivity index (χ1n) is 21.6. The first-order valence-corrected chi connectivity index (χ1v) is 26.3. The van der Waals surface area contributed by atoms with Gasteiger partial charge in [-0.2, -0.15) is 8.61 Å². The molecular weight excluding hydrogens is 921 g/mol.